The van der Waals surface area contributed by atoms with Crippen molar-refractivity contribution >= 4 is 11.8 Å². The number of nitrogens with zero attached hydrogens (tertiary/aromatic N) is 1. The van der Waals surface area contributed by atoms with Crippen LogP contribution in [0.5, 0.6) is 0 Å². The Morgan fingerprint density at radius 2 is 1.94 bits per heavy atom. The summed E-state index contributed by atoms with van der Waals surface area (Å²) in [6.45, 7) is 1.88. The zero-order chi connectivity index (χ0) is 13.1. The van der Waals surface area contributed by atoms with Crippen molar-refractivity contribution in [1.29, 1.82) is 0 Å². The van der Waals surface area contributed by atoms with E-state index in [1.165, 1.54) is 17.8 Å². The number of halogens is 2. The molecule has 1 aromatic heterocycles. The van der Waals surface area contributed by atoms with Crippen LogP contribution in [0.15, 0.2) is 46.5 Å². The lowest BCUT2D eigenvalue weighted by atomic mass is 10.1. The van der Waals surface area contributed by atoms with Crippen LogP contribution in [0.2, 0.25) is 0 Å². The summed E-state index contributed by atoms with van der Waals surface area (Å²) in [6, 6.07) is 7.37. The van der Waals surface area contributed by atoms with Crippen LogP contribution < -0.4 is 5.73 Å². The molecule has 0 fully saturated rings. The third-order valence-electron chi connectivity index (χ3n) is 2.40. The van der Waals surface area contributed by atoms with E-state index in [1.807, 2.05) is 19.1 Å². The number of rotatable bonds is 3. The Morgan fingerprint density at radius 3 is 2.61 bits per heavy atom. The Hall–Kier alpha value is -1.46. The zero-order valence-electron chi connectivity index (χ0n) is 9.73. The molecule has 0 radical (unpaired) electrons. The highest BCUT2D eigenvalue weighted by Crippen LogP contribution is 2.28. The van der Waals surface area contributed by atoms with Crippen molar-refractivity contribution in [2.24, 2.45) is 5.73 Å². The van der Waals surface area contributed by atoms with Crippen LogP contribution in [0.4, 0.5) is 8.78 Å². The Morgan fingerprint density at radius 1 is 1.17 bits per heavy atom. The minimum atomic E-state index is -0.858. The lowest BCUT2D eigenvalue weighted by Crippen LogP contribution is -2.04. The molecule has 1 atom stereocenters. The van der Waals surface area contributed by atoms with Gasteiger partial charge in [0.05, 0.1) is 0 Å². The summed E-state index contributed by atoms with van der Waals surface area (Å²) in [5.74, 6) is -1.71. The molecule has 1 heterocycles. The molecular formula is C13H12F2N2S. The maximum Gasteiger partial charge on any atom is 0.159 e. The number of hydrogen-bond donors (Lipinski definition) is 1. The average molecular weight is 266 g/mol. The van der Waals surface area contributed by atoms with Crippen LogP contribution in [-0.4, -0.2) is 4.98 Å². The summed E-state index contributed by atoms with van der Waals surface area (Å²) < 4.78 is 25.9. The molecule has 0 bridgehead atoms. The van der Waals surface area contributed by atoms with Gasteiger partial charge in [-0.25, -0.2) is 13.8 Å². The van der Waals surface area contributed by atoms with Crippen molar-refractivity contribution in [2.45, 2.75) is 22.9 Å². The summed E-state index contributed by atoms with van der Waals surface area (Å²) >= 11 is 1.27. The van der Waals surface area contributed by atoms with E-state index in [0.29, 0.717) is 9.92 Å². The Labute approximate surface area is 108 Å². The first-order chi connectivity index (χ1) is 8.56. The minimum Gasteiger partial charge on any atom is -0.324 e. The standard InChI is InChI=1S/C13H12F2N2S/c1-8(16)9-4-5-17-13(6-9)18-10-2-3-11(14)12(15)7-10/h2-8H,16H2,1H3/t8-/m1/s1. The average Bonchev–Trinajstić information content (AvgIpc) is 2.34. The van der Waals surface area contributed by atoms with E-state index >= 15 is 0 Å². The molecule has 1 aromatic carbocycles. The molecule has 94 valence electrons. The lowest BCUT2D eigenvalue weighted by Gasteiger charge is -2.07. The summed E-state index contributed by atoms with van der Waals surface area (Å²) in [5, 5.41) is 0.704. The van der Waals surface area contributed by atoms with E-state index in [4.69, 9.17) is 5.73 Å². The van der Waals surface area contributed by atoms with Gasteiger partial charge < -0.3 is 5.73 Å². The van der Waals surface area contributed by atoms with E-state index in [-0.39, 0.29) is 6.04 Å². The Kier molecular flexibility index (Phi) is 3.93. The summed E-state index contributed by atoms with van der Waals surface area (Å²) in [6.07, 6.45) is 1.65. The van der Waals surface area contributed by atoms with E-state index in [9.17, 15) is 8.78 Å². The van der Waals surface area contributed by atoms with Gasteiger partial charge in [-0.3, -0.25) is 0 Å². The second kappa shape index (κ2) is 5.46. The van der Waals surface area contributed by atoms with Gasteiger partial charge in [-0.05, 0) is 42.8 Å². The molecule has 2 N–H and O–H groups in total. The maximum atomic E-state index is 13.1. The van der Waals surface area contributed by atoms with E-state index in [2.05, 4.69) is 4.98 Å². The van der Waals surface area contributed by atoms with Crippen LogP contribution in [0.25, 0.3) is 0 Å². The van der Waals surface area contributed by atoms with Gasteiger partial charge in [0.25, 0.3) is 0 Å². The van der Waals surface area contributed by atoms with Crippen LogP contribution in [0, 0.1) is 11.6 Å². The first-order valence-electron chi connectivity index (χ1n) is 5.40. The summed E-state index contributed by atoms with van der Waals surface area (Å²) in [7, 11) is 0. The highest BCUT2D eigenvalue weighted by Gasteiger charge is 2.06. The Balaban J connectivity index is 2.23. The van der Waals surface area contributed by atoms with Crippen molar-refractivity contribution in [2.75, 3.05) is 0 Å². The van der Waals surface area contributed by atoms with Crippen LogP contribution in [0.1, 0.15) is 18.5 Å². The zero-order valence-corrected chi connectivity index (χ0v) is 10.5. The SMILES string of the molecule is C[C@@H](N)c1ccnc(Sc2ccc(F)c(F)c2)c1. The van der Waals surface area contributed by atoms with Gasteiger partial charge in [0, 0.05) is 17.1 Å². The largest absolute Gasteiger partial charge is 0.324 e. The molecule has 0 aliphatic carbocycles. The Bertz CT molecular complexity index is 558. The number of aromatic nitrogens is 1. The topological polar surface area (TPSA) is 38.9 Å². The normalized spacial score (nSPS) is 12.4. The third kappa shape index (κ3) is 3.05. The molecule has 0 unspecified atom stereocenters. The number of pyridine rings is 1. The highest BCUT2D eigenvalue weighted by atomic mass is 32.2. The monoisotopic (exact) mass is 266 g/mol. The molecule has 0 aliphatic rings. The minimum absolute atomic E-state index is 0.0858. The number of nitrogens with two attached hydrogens (primary N) is 1. The summed E-state index contributed by atoms with van der Waals surface area (Å²) in [4.78, 5) is 4.76. The smallest absolute Gasteiger partial charge is 0.159 e. The van der Waals surface area contributed by atoms with E-state index < -0.39 is 11.6 Å². The predicted molar refractivity (Wildman–Crippen MR) is 67.3 cm³/mol. The fourth-order valence-corrected chi connectivity index (χ4v) is 2.27. The number of hydrogen-bond acceptors (Lipinski definition) is 3. The molecule has 0 aliphatic heterocycles. The molecule has 0 saturated heterocycles. The molecule has 0 saturated carbocycles. The van der Waals surface area contributed by atoms with Crippen LogP contribution in [0.3, 0.4) is 0 Å². The first kappa shape index (κ1) is 13.0. The van der Waals surface area contributed by atoms with Gasteiger partial charge in [0.1, 0.15) is 5.03 Å². The van der Waals surface area contributed by atoms with Crippen LogP contribution in [-0.2, 0) is 0 Å². The van der Waals surface area contributed by atoms with Gasteiger partial charge in [-0.2, -0.15) is 0 Å². The van der Waals surface area contributed by atoms with Gasteiger partial charge in [-0.1, -0.05) is 11.8 Å². The lowest BCUT2D eigenvalue weighted by molar-refractivity contribution is 0.506. The van der Waals surface area contributed by atoms with Crippen molar-refractivity contribution in [3.8, 4) is 0 Å². The molecule has 18 heavy (non-hydrogen) atoms. The van der Waals surface area contributed by atoms with Gasteiger partial charge >= 0.3 is 0 Å². The first-order valence-corrected chi connectivity index (χ1v) is 6.22. The molecule has 0 amide bonds. The molecule has 5 heteroatoms. The van der Waals surface area contributed by atoms with E-state index in [0.717, 1.165) is 17.7 Å². The summed E-state index contributed by atoms with van der Waals surface area (Å²) in [5.41, 5.74) is 6.73. The quantitative estimate of drug-likeness (QED) is 0.923. The van der Waals surface area contributed by atoms with Crippen molar-refractivity contribution in [3.05, 3.63) is 53.7 Å². The molecule has 0 spiro atoms. The maximum absolute atomic E-state index is 13.1. The fraction of sp³-hybridized carbons (Fsp3) is 0.154. The molecular weight excluding hydrogens is 254 g/mol. The highest BCUT2D eigenvalue weighted by molar-refractivity contribution is 7.99. The van der Waals surface area contributed by atoms with Crippen molar-refractivity contribution < 1.29 is 8.78 Å². The number of benzene rings is 1. The fourth-order valence-electron chi connectivity index (χ4n) is 1.42. The molecule has 2 nitrogen and oxygen atoms in total. The molecule has 2 rings (SSSR count). The van der Waals surface area contributed by atoms with E-state index in [1.54, 1.807) is 6.20 Å². The van der Waals surface area contributed by atoms with Gasteiger partial charge in [0.15, 0.2) is 11.6 Å². The predicted octanol–water partition coefficient (Wildman–Crippen LogP) is 3.53. The second-order valence-electron chi connectivity index (χ2n) is 3.89. The van der Waals surface area contributed by atoms with Gasteiger partial charge in [-0.15, -0.1) is 0 Å². The second-order valence-corrected chi connectivity index (χ2v) is 4.99. The molecule has 2 aromatic rings. The van der Waals surface area contributed by atoms with Crippen molar-refractivity contribution in [1.82, 2.24) is 4.98 Å². The van der Waals surface area contributed by atoms with Gasteiger partial charge in [0.2, 0.25) is 0 Å². The third-order valence-corrected chi connectivity index (χ3v) is 3.32. The van der Waals surface area contributed by atoms with Crippen LogP contribution >= 0.6 is 11.8 Å². The van der Waals surface area contributed by atoms with Crippen molar-refractivity contribution in [3.63, 3.8) is 0 Å².